The summed E-state index contributed by atoms with van der Waals surface area (Å²) in [5, 5.41) is 9.80. The van der Waals surface area contributed by atoms with E-state index in [1.165, 1.54) is 43.1 Å². The van der Waals surface area contributed by atoms with Gasteiger partial charge in [0.25, 0.3) is 0 Å². The summed E-state index contributed by atoms with van der Waals surface area (Å²) in [4.78, 5) is 0. The summed E-state index contributed by atoms with van der Waals surface area (Å²) in [5.41, 5.74) is -0.737. The molecule has 10 rings (SSSR count). The maximum atomic E-state index is 6.24. The van der Waals surface area contributed by atoms with Gasteiger partial charge in [0.15, 0.2) is 0 Å². The van der Waals surface area contributed by atoms with Crippen LogP contribution in [-0.4, -0.2) is 73.1 Å². The highest BCUT2D eigenvalue weighted by Gasteiger charge is 2.64. The molecule has 0 unspecified atom stereocenters. The van der Waals surface area contributed by atoms with Crippen LogP contribution in [0.25, 0.3) is 43.1 Å². The Morgan fingerprint density at radius 1 is 0.273 bits per heavy atom. The van der Waals surface area contributed by atoms with Gasteiger partial charge in [-0.25, -0.2) is 0 Å². The van der Waals surface area contributed by atoms with Crippen LogP contribution in [0.2, 0.25) is 0 Å². The normalized spacial score (nSPS) is 22.8. The van der Waals surface area contributed by atoms with Crippen molar-refractivity contribution in [2.75, 3.05) is 0 Å². The zero-order valence-electron chi connectivity index (χ0n) is 41.6. The van der Waals surface area contributed by atoms with Crippen molar-refractivity contribution >= 4 is 114 Å². The van der Waals surface area contributed by atoms with Crippen LogP contribution >= 0.6 is 31.9 Å². The highest BCUT2D eigenvalue weighted by Crippen LogP contribution is 2.43. The van der Waals surface area contributed by atoms with Crippen molar-refractivity contribution in [3.05, 3.63) is 106 Å². The zero-order chi connectivity index (χ0) is 48.2. The van der Waals surface area contributed by atoms with Crippen molar-refractivity contribution in [1.29, 1.82) is 0 Å². The Bertz CT molecular complexity index is 2570. The maximum absolute atomic E-state index is 6.24. The third kappa shape index (κ3) is 9.47. The average Bonchev–Trinajstić information content (AvgIpc) is 3.76. The summed E-state index contributed by atoms with van der Waals surface area (Å²) >= 11 is 7.00. The predicted octanol–water partition coefficient (Wildman–Crippen LogP) is 12.4. The molecular weight excluding hydrogens is 956 g/mol. The molecule has 8 nitrogen and oxygen atoms in total. The van der Waals surface area contributed by atoms with Gasteiger partial charge in [-0.05, 0) is 213 Å². The molecule has 6 aromatic rings. The third-order valence-corrected chi connectivity index (χ3v) is 16.4. The van der Waals surface area contributed by atoms with E-state index in [1.54, 1.807) is 0 Å². The summed E-state index contributed by atoms with van der Waals surface area (Å²) in [6.07, 6.45) is 0. The Morgan fingerprint density at radius 3 is 0.773 bits per heavy atom. The summed E-state index contributed by atoms with van der Waals surface area (Å²) in [6, 6.07) is 34.5. The Hall–Kier alpha value is -2.74. The van der Waals surface area contributed by atoms with Crippen LogP contribution in [0.15, 0.2) is 106 Å². The minimum atomic E-state index is -0.476. The van der Waals surface area contributed by atoms with E-state index in [9.17, 15) is 0 Å². The minimum absolute atomic E-state index is 0.347. The van der Waals surface area contributed by atoms with Crippen LogP contribution in [0, 0.1) is 0 Å². The number of hydrogen-bond donors (Lipinski definition) is 0. The Kier molecular flexibility index (Phi) is 12.8. The van der Waals surface area contributed by atoms with Crippen LogP contribution < -0.4 is 10.9 Å². The number of fused-ring (bicyclic) bond motifs is 4. The van der Waals surface area contributed by atoms with Gasteiger partial charge in [-0.1, -0.05) is 80.4 Å². The fraction of sp³-hybridized carbons (Fsp3) is 0.462. The van der Waals surface area contributed by atoms with Crippen molar-refractivity contribution in [1.82, 2.24) is 0 Å². The second kappa shape index (κ2) is 17.0. The molecule has 0 bridgehead atoms. The molecular formula is C52H64B4Br2O8. The van der Waals surface area contributed by atoms with Crippen LogP contribution in [0.1, 0.15) is 111 Å². The van der Waals surface area contributed by atoms with E-state index in [0.29, 0.717) is 0 Å². The average molecular weight is 1020 g/mol. The lowest BCUT2D eigenvalue weighted by molar-refractivity contribution is 0.00578. The molecule has 0 radical (unpaired) electrons. The second-order valence-corrected chi connectivity index (χ2v) is 24.2. The fourth-order valence-electron chi connectivity index (χ4n) is 8.22. The Balaban J connectivity index is 0.000000147. The van der Waals surface area contributed by atoms with Gasteiger partial charge < -0.3 is 37.2 Å². The molecule has 4 saturated heterocycles. The largest absolute Gasteiger partial charge is 0.494 e. The van der Waals surface area contributed by atoms with E-state index in [0.717, 1.165) is 19.9 Å². The second-order valence-electron chi connectivity index (χ2n) is 22.3. The standard InChI is InChI=1S/C26H32B2O4.C14H8Br2.C12H24B2O4/c1-23(2)24(3,4)30-27(29-23)21-11-9-17-14-20-16-22(12-10-18(20)13-19(17)15-21)28-31-25(5,6)26(7,8)32-28;15-13-3-1-9-5-12-8-14(16)4-2-10(12)6-11(9)7-13;1-9(2)10(3,4)16-13(15-9)14-17-11(5,6)12(7,8)18-14/h9-16H,1-8H3;1-8H;1-8H3. The van der Waals surface area contributed by atoms with Crippen molar-refractivity contribution in [2.24, 2.45) is 0 Å². The van der Waals surface area contributed by atoms with E-state index in [4.69, 9.17) is 37.2 Å². The van der Waals surface area contributed by atoms with Crippen LogP contribution in [0.5, 0.6) is 0 Å². The van der Waals surface area contributed by atoms with Crippen molar-refractivity contribution in [3.8, 4) is 0 Å². The first-order chi connectivity index (χ1) is 30.4. The molecule has 346 valence electrons. The van der Waals surface area contributed by atoms with Crippen molar-refractivity contribution in [3.63, 3.8) is 0 Å². The first kappa shape index (κ1) is 49.7. The molecule has 0 aliphatic carbocycles. The molecule has 4 fully saturated rings. The zero-order valence-corrected chi connectivity index (χ0v) is 44.7. The van der Waals surface area contributed by atoms with Gasteiger partial charge in [-0.15, -0.1) is 0 Å². The quantitative estimate of drug-likeness (QED) is 0.128. The molecule has 4 heterocycles. The van der Waals surface area contributed by atoms with Gasteiger partial charge in [-0.2, -0.15) is 0 Å². The molecule has 0 atom stereocenters. The summed E-state index contributed by atoms with van der Waals surface area (Å²) < 4.78 is 51.1. The monoisotopic (exact) mass is 1020 g/mol. The molecule has 0 N–H and O–H groups in total. The first-order valence-corrected chi connectivity index (χ1v) is 24.7. The van der Waals surface area contributed by atoms with E-state index in [-0.39, 0.29) is 59.0 Å². The highest BCUT2D eigenvalue weighted by molar-refractivity contribution is 9.10. The molecule has 0 aromatic heterocycles. The number of rotatable bonds is 3. The lowest BCUT2D eigenvalue weighted by atomic mass is 9.49. The van der Waals surface area contributed by atoms with Gasteiger partial charge in [0.2, 0.25) is 0 Å². The fourth-order valence-corrected chi connectivity index (χ4v) is 8.98. The smallest absolute Gasteiger partial charge is 0.405 e. The van der Waals surface area contributed by atoms with Crippen molar-refractivity contribution < 1.29 is 37.2 Å². The predicted molar refractivity (Wildman–Crippen MR) is 282 cm³/mol. The Morgan fingerprint density at radius 2 is 0.500 bits per heavy atom. The van der Waals surface area contributed by atoms with E-state index in [1.807, 2.05) is 55.4 Å². The van der Waals surface area contributed by atoms with Crippen LogP contribution in [-0.2, 0) is 37.2 Å². The molecule has 4 aliphatic heterocycles. The summed E-state index contributed by atoms with van der Waals surface area (Å²) in [5.74, 6) is 0. The van der Waals surface area contributed by atoms with Gasteiger partial charge in [0.1, 0.15) is 0 Å². The van der Waals surface area contributed by atoms with E-state index < -0.39 is 14.0 Å². The Labute approximate surface area is 410 Å². The van der Waals surface area contributed by atoms with E-state index >= 15 is 0 Å². The molecule has 4 aliphatic rings. The van der Waals surface area contributed by atoms with Crippen LogP contribution in [0.4, 0.5) is 0 Å². The lowest BCUT2D eigenvalue weighted by Crippen LogP contribution is -2.41. The summed E-state index contributed by atoms with van der Waals surface area (Å²) in [7, 11) is -1.66. The van der Waals surface area contributed by atoms with Gasteiger partial charge >= 0.3 is 28.3 Å². The number of benzene rings is 6. The third-order valence-electron chi connectivity index (χ3n) is 15.4. The lowest BCUT2D eigenvalue weighted by Gasteiger charge is -2.32. The van der Waals surface area contributed by atoms with Gasteiger partial charge in [0.05, 0.1) is 44.8 Å². The number of halogens is 2. The number of hydrogen-bond acceptors (Lipinski definition) is 8. The van der Waals surface area contributed by atoms with Gasteiger partial charge in [-0.3, -0.25) is 0 Å². The van der Waals surface area contributed by atoms with Crippen molar-refractivity contribution in [2.45, 2.75) is 156 Å². The first-order valence-electron chi connectivity index (χ1n) is 23.1. The molecule has 66 heavy (non-hydrogen) atoms. The molecule has 0 spiro atoms. The van der Waals surface area contributed by atoms with E-state index in [2.05, 4.69) is 184 Å². The van der Waals surface area contributed by atoms with Gasteiger partial charge in [0, 0.05) is 8.95 Å². The molecule has 0 saturated carbocycles. The minimum Gasteiger partial charge on any atom is -0.405 e. The van der Waals surface area contributed by atoms with Crippen LogP contribution in [0.3, 0.4) is 0 Å². The molecule has 0 amide bonds. The molecule has 6 aromatic carbocycles. The summed E-state index contributed by atoms with van der Waals surface area (Å²) in [6.45, 7) is 32.9. The maximum Gasteiger partial charge on any atom is 0.494 e. The topological polar surface area (TPSA) is 73.8 Å². The highest BCUT2D eigenvalue weighted by atomic mass is 79.9. The molecule has 14 heteroatoms. The SMILES string of the molecule is Brc1ccc2cc3cc(Br)ccc3cc2c1.CC1(C)OB(B2OC(C)(C)C(C)(C)O2)OC1(C)C.CC1(C)OB(c2ccc3cc4cc(B5OC(C)(C)C(C)(C)O5)ccc4cc3c2)OC1(C)C.